The van der Waals surface area contributed by atoms with Crippen LogP contribution in [0.1, 0.15) is 33.1 Å². The molecular formula is C8H15NO3. The molecule has 1 amide bonds. The van der Waals surface area contributed by atoms with Crippen LogP contribution in [0, 0.1) is 0 Å². The number of hydrogen-bond acceptors (Lipinski definition) is 2. The van der Waals surface area contributed by atoms with Crippen molar-refractivity contribution in [1.29, 1.82) is 0 Å². The van der Waals surface area contributed by atoms with Crippen molar-refractivity contribution >= 4 is 11.9 Å². The standard InChI is InChI=1S/C8H15NO3/c1-3-4-5-6(2)9-7(10)8(11)12/h6H,3-5H2,1-2H3,(H,9,10)(H,11,12). The van der Waals surface area contributed by atoms with Crippen LogP contribution in [0.3, 0.4) is 0 Å². The van der Waals surface area contributed by atoms with Crippen LogP contribution in [-0.4, -0.2) is 23.0 Å². The van der Waals surface area contributed by atoms with E-state index >= 15 is 0 Å². The van der Waals surface area contributed by atoms with E-state index in [9.17, 15) is 9.59 Å². The van der Waals surface area contributed by atoms with Crippen molar-refractivity contribution in [3.05, 3.63) is 0 Å². The van der Waals surface area contributed by atoms with Crippen molar-refractivity contribution in [3.8, 4) is 0 Å². The van der Waals surface area contributed by atoms with Crippen LogP contribution < -0.4 is 5.32 Å². The highest BCUT2D eigenvalue weighted by Gasteiger charge is 2.13. The summed E-state index contributed by atoms with van der Waals surface area (Å²) in [6.07, 6.45) is 2.88. The Morgan fingerprint density at radius 2 is 2.08 bits per heavy atom. The topological polar surface area (TPSA) is 66.4 Å². The molecule has 0 aliphatic rings. The van der Waals surface area contributed by atoms with Gasteiger partial charge in [-0.05, 0) is 13.3 Å². The third-order valence-electron chi connectivity index (χ3n) is 1.56. The maximum atomic E-state index is 10.6. The smallest absolute Gasteiger partial charge is 0.394 e. The molecule has 12 heavy (non-hydrogen) atoms. The van der Waals surface area contributed by atoms with E-state index in [1.54, 1.807) is 6.92 Å². The van der Waals surface area contributed by atoms with Crippen molar-refractivity contribution in [3.63, 3.8) is 0 Å². The summed E-state index contributed by atoms with van der Waals surface area (Å²) in [6.45, 7) is 3.85. The molecule has 0 aromatic heterocycles. The first kappa shape index (κ1) is 10.9. The average molecular weight is 173 g/mol. The Kier molecular flexibility index (Phi) is 5.08. The number of rotatable bonds is 4. The fraction of sp³-hybridized carbons (Fsp3) is 0.750. The lowest BCUT2D eigenvalue weighted by molar-refractivity contribution is -0.150. The summed E-state index contributed by atoms with van der Waals surface area (Å²) < 4.78 is 0. The summed E-state index contributed by atoms with van der Waals surface area (Å²) in [4.78, 5) is 20.7. The Morgan fingerprint density at radius 1 is 1.50 bits per heavy atom. The van der Waals surface area contributed by atoms with Gasteiger partial charge < -0.3 is 10.4 Å². The average Bonchev–Trinajstić information content (AvgIpc) is 2.00. The molecule has 0 radical (unpaired) electrons. The first-order chi connectivity index (χ1) is 5.57. The number of unbranched alkanes of at least 4 members (excludes halogenated alkanes) is 1. The van der Waals surface area contributed by atoms with Gasteiger partial charge in [0, 0.05) is 6.04 Å². The summed E-state index contributed by atoms with van der Waals surface area (Å²) in [7, 11) is 0. The van der Waals surface area contributed by atoms with Crippen LogP contribution in [0.25, 0.3) is 0 Å². The van der Waals surface area contributed by atoms with Crippen LogP contribution in [-0.2, 0) is 9.59 Å². The molecule has 2 N–H and O–H groups in total. The molecule has 0 saturated carbocycles. The molecule has 0 aromatic carbocycles. The SMILES string of the molecule is CCCCC(C)NC(=O)C(=O)O. The number of aliphatic carboxylic acids is 1. The molecule has 0 aliphatic heterocycles. The number of carboxylic acids is 1. The first-order valence-corrected chi connectivity index (χ1v) is 4.11. The summed E-state index contributed by atoms with van der Waals surface area (Å²) >= 11 is 0. The number of nitrogens with one attached hydrogen (secondary N) is 1. The van der Waals surface area contributed by atoms with Crippen molar-refractivity contribution in [2.75, 3.05) is 0 Å². The summed E-state index contributed by atoms with van der Waals surface area (Å²) in [6, 6.07) is -0.0476. The summed E-state index contributed by atoms with van der Waals surface area (Å²) in [5.74, 6) is -2.34. The molecule has 70 valence electrons. The Balaban J connectivity index is 3.61. The molecule has 0 rings (SSSR count). The molecule has 4 heteroatoms. The van der Waals surface area contributed by atoms with Gasteiger partial charge in [-0.2, -0.15) is 0 Å². The van der Waals surface area contributed by atoms with Crippen LogP contribution >= 0.6 is 0 Å². The fourth-order valence-electron chi connectivity index (χ4n) is 0.868. The van der Waals surface area contributed by atoms with Gasteiger partial charge in [0.15, 0.2) is 0 Å². The summed E-state index contributed by atoms with van der Waals surface area (Å²) in [5, 5.41) is 10.6. The third kappa shape index (κ3) is 4.71. The van der Waals surface area contributed by atoms with Gasteiger partial charge in [-0.15, -0.1) is 0 Å². The lowest BCUT2D eigenvalue weighted by atomic mass is 10.1. The molecule has 1 unspecified atom stereocenters. The predicted octanol–water partition coefficient (Wildman–Crippen LogP) is 0.766. The van der Waals surface area contributed by atoms with E-state index < -0.39 is 11.9 Å². The maximum absolute atomic E-state index is 10.6. The number of carbonyl (C=O) groups excluding carboxylic acids is 1. The van der Waals surface area contributed by atoms with Gasteiger partial charge in [-0.1, -0.05) is 19.8 Å². The predicted molar refractivity (Wildman–Crippen MR) is 44.8 cm³/mol. The number of hydrogen-bond donors (Lipinski definition) is 2. The highest BCUT2D eigenvalue weighted by atomic mass is 16.4. The van der Waals surface area contributed by atoms with Crippen molar-refractivity contribution < 1.29 is 14.7 Å². The second-order valence-corrected chi connectivity index (χ2v) is 2.82. The molecule has 0 saturated heterocycles. The lowest BCUT2D eigenvalue weighted by Gasteiger charge is -2.10. The zero-order valence-corrected chi connectivity index (χ0v) is 7.46. The number of carbonyl (C=O) groups is 2. The van der Waals surface area contributed by atoms with E-state index in [2.05, 4.69) is 5.32 Å². The fourth-order valence-corrected chi connectivity index (χ4v) is 0.868. The van der Waals surface area contributed by atoms with Gasteiger partial charge >= 0.3 is 11.9 Å². The van der Waals surface area contributed by atoms with Gasteiger partial charge in [-0.3, -0.25) is 4.79 Å². The van der Waals surface area contributed by atoms with E-state index in [1.165, 1.54) is 0 Å². The van der Waals surface area contributed by atoms with Crippen molar-refractivity contribution in [1.82, 2.24) is 5.32 Å². The third-order valence-corrected chi connectivity index (χ3v) is 1.56. The minimum absolute atomic E-state index is 0.0476. The van der Waals surface area contributed by atoms with Crippen LogP contribution in [0.4, 0.5) is 0 Å². The maximum Gasteiger partial charge on any atom is 0.394 e. The Hall–Kier alpha value is -1.06. The van der Waals surface area contributed by atoms with Gasteiger partial charge in [-0.25, -0.2) is 4.79 Å². The minimum atomic E-state index is -1.42. The molecule has 0 heterocycles. The van der Waals surface area contributed by atoms with Gasteiger partial charge in [0.2, 0.25) is 0 Å². The Labute approximate surface area is 72.0 Å². The monoisotopic (exact) mass is 173 g/mol. The van der Waals surface area contributed by atoms with Gasteiger partial charge in [0.05, 0.1) is 0 Å². The zero-order chi connectivity index (χ0) is 9.56. The molecule has 0 aliphatic carbocycles. The molecular weight excluding hydrogens is 158 g/mol. The molecule has 0 fully saturated rings. The molecule has 0 aromatic rings. The zero-order valence-electron chi connectivity index (χ0n) is 7.46. The van der Waals surface area contributed by atoms with E-state index in [0.717, 1.165) is 19.3 Å². The van der Waals surface area contributed by atoms with E-state index in [-0.39, 0.29) is 6.04 Å². The highest BCUT2D eigenvalue weighted by molar-refractivity contribution is 6.31. The Bertz CT molecular complexity index is 168. The van der Waals surface area contributed by atoms with Gasteiger partial charge in [0.1, 0.15) is 0 Å². The van der Waals surface area contributed by atoms with Crippen LogP contribution in [0.15, 0.2) is 0 Å². The number of amides is 1. The minimum Gasteiger partial charge on any atom is -0.474 e. The molecule has 0 spiro atoms. The normalized spacial score (nSPS) is 12.2. The van der Waals surface area contributed by atoms with E-state index in [0.29, 0.717) is 0 Å². The highest BCUT2D eigenvalue weighted by Crippen LogP contribution is 1.98. The molecule has 4 nitrogen and oxygen atoms in total. The van der Waals surface area contributed by atoms with E-state index in [1.807, 2.05) is 6.92 Å². The van der Waals surface area contributed by atoms with Crippen molar-refractivity contribution in [2.24, 2.45) is 0 Å². The largest absolute Gasteiger partial charge is 0.474 e. The van der Waals surface area contributed by atoms with E-state index in [4.69, 9.17) is 5.11 Å². The second-order valence-electron chi connectivity index (χ2n) is 2.82. The van der Waals surface area contributed by atoms with Crippen molar-refractivity contribution in [2.45, 2.75) is 39.2 Å². The van der Waals surface area contributed by atoms with Crippen LogP contribution in [0.2, 0.25) is 0 Å². The summed E-state index contributed by atoms with van der Waals surface area (Å²) in [5.41, 5.74) is 0. The quantitative estimate of drug-likeness (QED) is 0.617. The number of carboxylic acid groups (broad SMARTS) is 1. The Morgan fingerprint density at radius 3 is 2.50 bits per heavy atom. The van der Waals surface area contributed by atoms with Crippen LogP contribution in [0.5, 0.6) is 0 Å². The molecule has 0 bridgehead atoms. The lowest BCUT2D eigenvalue weighted by Crippen LogP contribution is -2.37. The first-order valence-electron chi connectivity index (χ1n) is 4.11. The van der Waals surface area contributed by atoms with Gasteiger partial charge in [0.25, 0.3) is 0 Å². The second kappa shape index (κ2) is 5.57. The molecule has 1 atom stereocenters.